The Kier molecular flexibility index (Phi) is 26.5. The van der Waals surface area contributed by atoms with Gasteiger partial charge in [-0.15, -0.1) is 0 Å². The van der Waals surface area contributed by atoms with Gasteiger partial charge in [-0.05, 0) is 54.4 Å². The molecule has 0 saturated carbocycles. The molecule has 2 aromatic carbocycles. The smallest absolute Gasteiger partial charge is 0.467 e. The molecular weight excluding hydrogens is 973 g/mol. The molecule has 26 heteroatoms. The van der Waals surface area contributed by atoms with Gasteiger partial charge in [-0.1, -0.05) is 13.3 Å². The van der Waals surface area contributed by atoms with Crippen LogP contribution < -0.4 is 18.9 Å². The zero-order valence-corrected chi connectivity index (χ0v) is 43.0. The zero-order chi connectivity index (χ0) is 52.9. The number of unbranched alkanes of at least 4 members (excludes halogenated alkanes) is 1. The number of esters is 1. The SMILES string of the molecule is COC(=O)C1C[C@H](c2c(F)c(F)cc(F)c2F)CN1C(=O)OC(C)(C)C.COP(=O)(CC(=O)C1C[C@H](c2c(F)c(F)cc(F)c2F)CN1C(=O)OC(C)(C)C)OC.COP(C)(=O)OC.[CH2-]CCC.[Li+]. The number of hydrogen-bond acceptors (Lipinski definition) is 13. The maximum Gasteiger partial charge on any atom is 1.00 e. The molecule has 4 atom stereocenters. The van der Waals surface area contributed by atoms with Crippen molar-refractivity contribution in [3.05, 3.63) is 76.7 Å². The van der Waals surface area contributed by atoms with Crippen molar-refractivity contribution in [1.29, 1.82) is 0 Å². The van der Waals surface area contributed by atoms with Gasteiger partial charge in [0.05, 0.1) is 13.2 Å². The van der Waals surface area contributed by atoms with E-state index in [0.717, 1.165) is 37.6 Å². The van der Waals surface area contributed by atoms with Crippen LogP contribution in [0.5, 0.6) is 0 Å². The summed E-state index contributed by atoms with van der Waals surface area (Å²) in [4.78, 5) is 51.6. The monoisotopic (exact) mass is 1030 g/mol. The second-order valence-corrected chi connectivity index (χ2v) is 21.6. The van der Waals surface area contributed by atoms with Gasteiger partial charge < -0.3 is 39.2 Å². The van der Waals surface area contributed by atoms with Crippen LogP contribution in [0.2, 0.25) is 0 Å². The van der Waals surface area contributed by atoms with E-state index in [-0.39, 0.29) is 50.4 Å². The van der Waals surface area contributed by atoms with Gasteiger partial charge in [0.1, 0.15) is 23.4 Å². The quantitative estimate of drug-likeness (QED) is 0.0410. The van der Waals surface area contributed by atoms with Crippen molar-refractivity contribution in [1.82, 2.24) is 9.80 Å². The standard InChI is InChI=1S/C19H24F4NO6P.C17H19F4NO4.C4H9.C3H9O3P.Li/c1-19(2,3)30-18(26)24-8-10(15-16(22)11(20)7-12(21)17(15)23)6-13(24)14(25)9-31(27,28-4)29-5;1-17(2,3)26-16(24)22-7-8(5-11(22)15(23)25-4)12-13(20)9(18)6-10(19)14(12)21;1-3-4-2;1-5-7(3,4)6-2;/h7,10,13H,6,8-9H2,1-5H3;6,8,11H,5,7H2,1-4H3;1,3-4H2,2H3;1-3H3;/q;;-1;;+1/t10-,13?;8-,11?;;;/m00.../s1. The Morgan fingerprint density at radius 3 is 1.22 bits per heavy atom. The third-order valence-electron chi connectivity index (χ3n) is 9.73. The fraction of sp³-hybridized carbons (Fsp3) is 0.605. The van der Waals surface area contributed by atoms with Crippen molar-refractivity contribution in [2.75, 3.05) is 61.5 Å². The number of halogens is 8. The summed E-state index contributed by atoms with van der Waals surface area (Å²) in [6.45, 7) is 15.8. The number of benzene rings is 2. The van der Waals surface area contributed by atoms with Crippen molar-refractivity contribution in [2.45, 2.75) is 109 Å². The average Bonchev–Trinajstić information content (AvgIpc) is 3.91. The number of carbonyl (C=O) groups excluding carboxylic acids is 4. The maximum absolute atomic E-state index is 14.3. The summed E-state index contributed by atoms with van der Waals surface area (Å²) in [6, 6.07) is -2.34. The zero-order valence-electron chi connectivity index (χ0n) is 41.2. The van der Waals surface area contributed by atoms with Crippen molar-refractivity contribution in [3.8, 4) is 0 Å². The van der Waals surface area contributed by atoms with Gasteiger partial charge >= 0.3 is 52.2 Å². The Labute approximate surface area is 409 Å². The number of nitrogens with zero attached hydrogens (tertiary/aromatic N) is 2. The maximum atomic E-state index is 14.3. The number of ether oxygens (including phenoxy) is 3. The largest absolute Gasteiger partial charge is 1.00 e. The minimum absolute atomic E-state index is 0. The first-order valence-electron chi connectivity index (χ1n) is 20.7. The molecule has 388 valence electrons. The van der Waals surface area contributed by atoms with E-state index in [2.05, 4.69) is 27.6 Å². The van der Waals surface area contributed by atoms with Crippen molar-refractivity contribution in [2.24, 2.45) is 0 Å². The third-order valence-corrected chi connectivity index (χ3v) is 12.9. The van der Waals surface area contributed by atoms with E-state index in [0.29, 0.717) is 0 Å². The number of ketones is 1. The van der Waals surface area contributed by atoms with Crippen molar-refractivity contribution >= 4 is 39.1 Å². The van der Waals surface area contributed by atoms with Crippen LogP contribution in [0.4, 0.5) is 44.7 Å². The van der Waals surface area contributed by atoms with E-state index in [9.17, 15) is 63.4 Å². The fourth-order valence-electron chi connectivity index (χ4n) is 6.27. The summed E-state index contributed by atoms with van der Waals surface area (Å²) in [6.07, 6.45) is -0.951. The van der Waals surface area contributed by atoms with E-state index >= 15 is 0 Å². The number of hydrogen-bond donors (Lipinski definition) is 0. The van der Waals surface area contributed by atoms with Crippen LogP contribution in [0.25, 0.3) is 0 Å². The van der Waals surface area contributed by atoms with Gasteiger partial charge in [0.15, 0.2) is 52.3 Å². The first-order valence-corrected chi connectivity index (χ1v) is 24.4. The minimum atomic E-state index is -3.81. The van der Waals surface area contributed by atoms with Gasteiger partial charge in [-0.25, -0.2) is 49.5 Å². The van der Waals surface area contributed by atoms with Crippen LogP contribution in [-0.4, -0.2) is 118 Å². The first kappa shape index (κ1) is 65.5. The number of amides is 2. The molecule has 69 heavy (non-hydrogen) atoms. The fourth-order valence-corrected chi connectivity index (χ4v) is 7.42. The van der Waals surface area contributed by atoms with Gasteiger partial charge in [0.2, 0.25) is 0 Å². The second-order valence-electron chi connectivity index (χ2n) is 17.0. The number of Topliss-reactive ketones (excluding diaryl/α,β-unsaturated/α-hetero) is 1. The molecule has 0 aliphatic carbocycles. The topological polar surface area (TPSA) is 174 Å². The molecule has 2 heterocycles. The molecule has 2 fully saturated rings. The molecule has 0 spiro atoms. The molecule has 2 aliphatic rings. The van der Waals surface area contributed by atoms with E-state index in [1.807, 2.05) is 0 Å². The summed E-state index contributed by atoms with van der Waals surface area (Å²) >= 11 is 0. The predicted octanol–water partition coefficient (Wildman–Crippen LogP) is 7.63. The molecule has 0 bridgehead atoms. The molecule has 2 saturated heterocycles. The van der Waals surface area contributed by atoms with Crippen LogP contribution in [0.15, 0.2) is 12.1 Å². The first-order chi connectivity index (χ1) is 31.2. The van der Waals surface area contributed by atoms with Crippen LogP contribution in [0.3, 0.4) is 0 Å². The number of rotatable bonds is 11. The second kappa shape index (κ2) is 27.9. The van der Waals surface area contributed by atoms with Crippen LogP contribution in [-0.2, 0) is 51.0 Å². The Balaban J connectivity index is 0.00000110. The van der Waals surface area contributed by atoms with Crippen LogP contribution in [0, 0.1) is 53.5 Å². The predicted molar refractivity (Wildman–Crippen MR) is 232 cm³/mol. The average molecular weight is 1030 g/mol. The third kappa shape index (κ3) is 19.2. The van der Waals surface area contributed by atoms with Gasteiger partial charge in [-0.2, -0.15) is 6.42 Å². The van der Waals surface area contributed by atoms with Crippen molar-refractivity contribution < 1.29 is 115 Å². The van der Waals surface area contributed by atoms with Gasteiger partial charge in [0, 0.05) is 83.3 Å². The molecular formula is C43H61F8LiN2O13P2. The van der Waals surface area contributed by atoms with Gasteiger partial charge in [-0.3, -0.25) is 23.7 Å². The Morgan fingerprint density at radius 2 is 0.957 bits per heavy atom. The van der Waals surface area contributed by atoms with E-state index in [1.54, 1.807) is 41.5 Å². The van der Waals surface area contributed by atoms with Crippen LogP contribution >= 0.6 is 15.2 Å². The summed E-state index contributed by atoms with van der Waals surface area (Å²) < 4.78 is 167. The molecule has 0 radical (unpaired) electrons. The number of carbonyl (C=O) groups is 4. The summed E-state index contributed by atoms with van der Waals surface area (Å²) in [5, 5.41) is 0. The van der Waals surface area contributed by atoms with Crippen molar-refractivity contribution in [3.63, 3.8) is 0 Å². The van der Waals surface area contributed by atoms with Gasteiger partial charge in [0.25, 0.3) is 0 Å². The van der Waals surface area contributed by atoms with E-state index < -0.39 is 145 Å². The normalized spacial score (nSPS) is 18.1. The van der Waals surface area contributed by atoms with E-state index in [4.69, 9.17) is 18.5 Å². The molecule has 0 N–H and O–H groups in total. The molecule has 15 nitrogen and oxygen atoms in total. The molecule has 0 aromatic heterocycles. The molecule has 2 aromatic rings. The summed E-state index contributed by atoms with van der Waals surface area (Å²) in [5.41, 5.74) is -3.60. The molecule has 4 rings (SSSR count). The number of methoxy groups -OCH3 is 1. The van der Waals surface area contributed by atoms with Crippen LogP contribution in [0.1, 0.15) is 97.1 Å². The number of likely N-dealkylation sites (tertiary alicyclic amines) is 2. The molecule has 2 aliphatic heterocycles. The Bertz CT molecular complexity index is 2110. The summed E-state index contributed by atoms with van der Waals surface area (Å²) in [7, 11) is -0.532. The Morgan fingerprint density at radius 1 is 0.638 bits per heavy atom. The molecule has 2 amide bonds. The van der Waals surface area contributed by atoms with E-state index in [1.165, 1.54) is 27.3 Å². The minimum Gasteiger partial charge on any atom is -0.467 e. The Hall–Kier alpha value is -3.54. The molecule has 2 unspecified atom stereocenters. The summed E-state index contributed by atoms with van der Waals surface area (Å²) in [5.74, 6) is -16.6.